The van der Waals surface area contributed by atoms with Gasteiger partial charge >= 0.3 is 30.9 Å². The van der Waals surface area contributed by atoms with Gasteiger partial charge in [0.25, 0.3) is 17.0 Å². The number of fused-ring (bicyclic) bond motifs is 1. The Morgan fingerprint density at radius 2 is 1.47 bits per heavy atom. The van der Waals surface area contributed by atoms with Gasteiger partial charge in [-0.2, -0.15) is 20.5 Å². The van der Waals surface area contributed by atoms with Gasteiger partial charge in [0.2, 0.25) is 5.95 Å². The number of carbonyl (C=O) groups is 3. The lowest BCUT2D eigenvalue weighted by Crippen LogP contribution is -2.38. The lowest BCUT2D eigenvalue weighted by Gasteiger charge is -2.29. The third-order valence-corrected chi connectivity index (χ3v) is 20.9. The molecule has 36 heteroatoms. The molecule has 7 N–H and O–H groups in total. The van der Waals surface area contributed by atoms with Crippen molar-refractivity contribution in [2.75, 3.05) is 48.5 Å². The van der Waals surface area contributed by atoms with E-state index in [0.29, 0.717) is 29.3 Å². The highest BCUT2D eigenvalue weighted by Crippen LogP contribution is 2.65. The minimum atomic E-state index is -4.80. The van der Waals surface area contributed by atoms with Gasteiger partial charge < -0.3 is 49.7 Å². The van der Waals surface area contributed by atoms with Gasteiger partial charge in [0.1, 0.15) is 66.7 Å². The fraction of sp³-hybridized carbons (Fsp3) is 0.529. The predicted molar refractivity (Wildman–Crippen MR) is 308 cm³/mol. The molecule has 8 rings (SSSR count). The number of nitriles is 2. The van der Waals surface area contributed by atoms with Crippen LogP contribution in [0, 0.1) is 35.5 Å². The zero-order chi connectivity index (χ0) is 62.7. The molecule has 32 nitrogen and oxygen atoms in total. The number of ether oxygens (including phenoxy) is 4. The lowest BCUT2D eigenvalue weighted by molar-refractivity contribution is -0.153. The Balaban J connectivity index is 1.09. The zero-order valence-electron chi connectivity index (χ0n) is 47.0. The van der Waals surface area contributed by atoms with Crippen molar-refractivity contribution in [3.63, 3.8) is 0 Å². The summed E-state index contributed by atoms with van der Waals surface area (Å²) in [5, 5.41) is 59.2. The van der Waals surface area contributed by atoms with E-state index in [9.17, 15) is 59.4 Å². The van der Waals surface area contributed by atoms with Crippen LogP contribution in [0.5, 0.6) is 0 Å². The fourth-order valence-corrected chi connectivity index (χ4v) is 15.7. The van der Waals surface area contributed by atoms with Gasteiger partial charge in [-0.15, -0.1) is 0 Å². The van der Waals surface area contributed by atoms with Crippen LogP contribution < -0.4 is 33.1 Å². The highest BCUT2D eigenvalue weighted by Gasteiger charge is 2.53. The summed E-state index contributed by atoms with van der Waals surface area (Å²) in [6, 6.07) is 13.1. The number of nitrogens with zero attached hydrogens (tertiary/aromatic N) is 8. The van der Waals surface area contributed by atoms with Crippen molar-refractivity contribution in [1.29, 1.82) is 10.5 Å². The van der Waals surface area contributed by atoms with Crippen molar-refractivity contribution in [2.24, 2.45) is 5.92 Å². The molecular weight excluding hydrogens is 1230 g/mol. The Morgan fingerprint density at radius 3 is 2.09 bits per heavy atom. The Labute approximate surface area is 501 Å². The Kier molecular flexibility index (Phi) is 22.5. The summed E-state index contributed by atoms with van der Waals surface area (Å²) in [6.07, 6.45) is -15.4. The topological polar surface area (TPSA) is 445 Å². The molecule has 1 aromatic carbocycles. The molecule has 3 fully saturated rings. The number of hydrogen-bond acceptors (Lipinski definition) is 28. The van der Waals surface area contributed by atoms with Crippen LogP contribution >= 0.6 is 36.4 Å². The number of nitrogens with one attached hydrogen (secondary N) is 4. The zero-order valence-corrected chi connectivity index (χ0v) is 50.4. The van der Waals surface area contributed by atoms with E-state index in [2.05, 4.69) is 35.6 Å². The van der Waals surface area contributed by atoms with E-state index < -0.39 is 135 Å². The largest absolute Gasteiger partial charge is 0.459 e. The number of ketones is 1. The number of benzene rings is 1. The molecule has 5 aromatic rings. The van der Waals surface area contributed by atoms with Crippen molar-refractivity contribution >= 4 is 76.9 Å². The summed E-state index contributed by atoms with van der Waals surface area (Å²) in [5.41, 5.74) is -3.17. The van der Waals surface area contributed by atoms with E-state index >= 15 is 9.13 Å². The van der Waals surface area contributed by atoms with Crippen molar-refractivity contribution in [2.45, 2.75) is 127 Å². The molecule has 4 aromatic heterocycles. The van der Waals surface area contributed by atoms with Crippen LogP contribution in [0.4, 0.5) is 11.8 Å². The Hall–Kier alpha value is -6.72. The van der Waals surface area contributed by atoms with Gasteiger partial charge in [-0.3, -0.25) is 60.9 Å². The summed E-state index contributed by atoms with van der Waals surface area (Å²) < 4.78 is 82.0. The van der Waals surface area contributed by atoms with E-state index in [0.717, 1.165) is 21.7 Å². The second-order valence-electron chi connectivity index (χ2n) is 20.3. The van der Waals surface area contributed by atoms with Crippen molar-refractivity contribution < 1.29 is 75.9 Å². The van der Waals surface area contributed by atoms with Crippen molar-refractivity contribution in [3.05, 3.63) is 108 Å². The molecule has 3 saturated heterocycles. The predicted octanol–water partition coefficient (Wildman–Crippen LogP) is 2.95. The average Bonchev–Trinajstić information content (AvgIpc) is 1.94. The first-order valence-corrected chi connectivity index (χ1v) is 33.3. The molecule has 3 aliphatic rings. The van der Waals surface area contributed by atoms with Gasteiger partial charge in [0, 0.05) is 67.3 Å². The molecule has 1 amide bonds. The SMILES string of the molecule is CC(=O)CCC(=O)O[C@H]1C[C@H](n2cc(C)c(=O)[nH]c2=O)O[C@@H]1COP(=O)(O[C@H]1[C@@H](O)[C@H](n2cnc3c(=O)[nH]c(NCC(C)C)nc32)O[C@@H]1COP(=O)(O[C@H]1[C@@H](O)[C@H](n2ccc(NC(=O)c3ccccc3)nc2=O)O[C@@H]1CO)SCCC#N)SCCC#N. The number of rotatable bonds is 29. The van der Waals surface area contributed by atoms with E-state index in [1.165, 1.54) is 30.7 Å². The van der Waals surface area contributed by atoms with Crippen molar-refractivity contribution in [1.82, 2.24) is 38.6 Å². The summed E-state index contributed by atoms with van der Waals surface area (Å²) in [7, 11) is 0. The summed E-state index contributed by atoms with van der Waals surface area (Å²) in [5.74, 6) is -2.18. The lowest BCUT2D eigenvalue weighted by atomic mass is 10.1. The maximum atomic E-state index is 15.3. The molecule has 0 bridgehead atoms. The third kappa shape index (κ3) is 16.5. The van der Waals surface area contributed by atoms with E-state index in [1.54, 1.807) is 30.3 Å². The van der Waals surface area contributed by atoms with Crippen LogP contribution in [-0.4, -0.2) is 158 Å². The number of hydrogen-bond donors (Lipinski definition) is 7. The van der Waals surface area contributed by atoms with E-state index in [4.69, 9.17) is 37.0 Å². The number of aliphatic hydroxyl groups excluding tert-OH is 3. The van der Waals surface area contributed by atoms with E-state index in [1.807, 2.05) is 26.0 Å². The van der Waals surface area contributed by atoms with Crippen LogP contribution in [-0.2, 0) is 55.8 Å². The van der Waals surface area contributed by atoms with Crippen LogP contribution in [0.1, 0.15) is 87.5 Å². The summed E-state index contributed by atoms with van der Waals surface area (Å²) >= 11 is 0.982. The van der Waals surface area contributed by atoms with Crippen LogP contribution in [0.3, 0.4) is 0 Å². The monoisotopic (exact) mass is 1290 g/mol. The molecule has 468 valence electrons. The molecule has 0 saturated carbocycles. The fourth-order valence-electron chi connectivity index (χ4n) is 9.07. The van der Waals surface area contributed by atoms with Crippen LogP contribution in [0.15, 0.2) is 74.3 Å². The maximum Gasteiger partial charge on any atom is 0.389 e. The number of esters is 1. The Bertz CT molecular complexity index is 3720. The number of aryl methyl sites for hydroxylation is 1. The first-order chi connectivity index (χ1) is 41.5. The number of anilines is 2. The maximum absolute atomic E-state index is 15.3. The van der Waals surface area contributed by atoms with Gasteiger partial charge in [-0.1, -0.05) is 32.0 Å². The van der Waals surface area contributed by atoms with Gasteiger partial charge in [-0.05, 0) is 60.7 Å². The minimum Gasteiger partial charge on any atom is -0.459 e. The number of aliphatic hydroxyl groups is 3. The number of Topliss-reactive ketones (excluding diaryl/α,β-unsaturated/α-hetero) is 1. The number of imidazole rings is 1. The average molecular weight is 1290 g/mol. The molecule has 87 heavy (non-hydrogen) atoms. The van der Waals surface area contributed by atoms with Gasteiger partial charge in [-0.25, -0.2) is 23.7 Å². The number of aromatic nitrogens is 8. The first-order valence-electron chi connectivity index (χ1n) is 27.0. The summed E-state index contributed by atoms with van der Waals surface area (Å²) in [4.78, 5) is 107. The highest BCUT2D eigenvalue weighted by molar-refractivity contribution is 8.55. The highest BCUT2D eigenvalue weighted by atomic mass is 32.7. The van der Waals surface area contributed by atoms with Gasteiger partial charge in [0.15, 0.2) is 23.6 Å². The molecule has 0 spiro atoms. The smallest absolute Gasteiger partial charge is 0.389 e. The first kappa shape index (κ1) is 66.2. The quantitative estimate of drug-likeness (QED) is 0.0205. The minimum absolute atomic E-state index is 0.0224. The third-order valence-electron chi connectivity index (χ3n) is 13.4. The molecule has 7 heterocycles. The van der Waals surface area contributed by atoms with Crippen LogP contribution in [0.25, 0.3) is 11.2 Å². The Morgan fingerprint density at radius 1 is 0.839 bits per heavy atom. The number of aromatic amines is 2. The van der Waals surface area contributed by atoms with E-state index in [-0.39, 0.29) is 89.4 Å². The van der Waals surface area contributed by atoms with Gasteiger partial charge in [0.05, 0.1) is 44.7 Å². The molecule has 3 aliphatic heterocycles. The van der Waals surface area contributed by atoms with Crippen molar-refractivity contribution in [3.8, 4) is 12.1 Å². The second kappa shape index (κ2) is 29.5. The normalized spacial score (nSPS) is 24.9. The second-order valence-corrected chi connectivity index (χ2v) is 28.6. The number of carbonyl (C=O) groups excluding carboxylic acids is 3. The summed E-state index contributed by atoms with van der Waals surface area (Å²) in [6.45, 7) is -5.19. The molecule has 13 atom stereocenters. The number of H-pyrrole nitrogens is 2. The molecule has 2 unspecified atom stereocenters. The molecular formula is C51H62N12O20P2S2. The standard InChI is InChI=1S/C51H62N12O20P2S2/c1-27(2)21-54-49-58-43-38(46(71)59-49)55-26-63(43)48-40(68)42(83-84(74,86-18-8-15-52)76-24-33-31(79-37(66)13-12-29(4)65)20-36(78-33)62-22-28(3)44(69)60-51(62)73)34(81-48)25-77-85(75,87-19-9-16-53)82-41-32(23-64)80-47(39(41)67)61-17-14-35(57-50(61)72)56-45(70)30-10-6-5-7-11-30/h5-7,10-11,14,17,22,26-27,31-34,36,39-42,47-48,64,67-68H,8-9,12-13,18-21,23-25H2,1-4H3,(H,60,69,73)(H2,54,58,59,71)(H,56,57,70,72)/t31-,32+,33+,34+,36+,39+,40+,41+,42+,47+,48+,84?,85?/m0/s1. The number of amides is 1. The van der Waals surface area contributed by atoms with Crippen LogP contribution in [0.2, 0.25) is 0 Å². The molecule has 0 radical (unpaired) electrons. The molecule has 0 aliphatic carbocycles.